The van der Waals surface area contributed by atoms with Crippen LogP contribution in [-0.2, 0) is 4.74 Å². The van der Waals surface area contributed by atoms with Crippen molar-refractivity contribution in [2.45, 2.75) is 45.3 Å². The quantitative estimate of drug-likeness (QED) is 0.743. The maximum atomic E-state index is 12.2. The minimum absolute atomic E-state index is 0.219. The number of amides is 1. The number of pyridine rings is 1. The Bertz CT molecular complexity index is 823. The van der Waals surface area contributed by atoms with Gasteiger partial charge in [-0.3, -0.25) is 0 Å². The van der Waals surface area contributed by atoms with Crippen molar-refractivity contribution in [2.24, 2.45) is 0 Å². The van der Waals surface area contributed by atoms with Crippen LogP contribution in [0.4, 0.5) is 16.3 Å². The number of nitrogens with zero attached hydrogens (tertiary/aromatic N) is 2. The van der Waals surface area contributed by atoms with E-state index in [0.717, 1.165) is 29.7 Å². The number of hydrogen-bond acceptors (Lipinski definition) is 6. The van der Waals surface area contributed by atoms with Gasteiger partial charge in [-0.25, -0.2) is 9.78 Å². The summed E-state index contributed by atoms with van der Waals surface area (Å²) in [7, 11) is 0. The fourth-order valence-corrected chi connectivity index (χ4v) is 3.21. The number of phenolic OH excluding ortho intramolecular Hbond substituents is 1. The number of nitrogen functional groups attached to an aromatic ring is 1. The molecule has 1 fully saturated rings. The molecule has 4 N–H and O–H groups in total. The summed E-state index contributed by atoms with van der Waals surface area (Å²) in [6.45, 7) is 6.90. The van der Waals surface area contributed by atoms with E-state index in [9.17, 15) is 9.90 Å². The average Bonchev–Trinajstić information content (AvgIpc) is 2.62. The summed E-state index contributed by atoms with van der Waals surface area (Å²) in [6, 6.07) is 9.03. The van der Waals surface area contributed by atoms with E-state index in [1.165, 1.54) is 0 Å². The van der Waals surface area contributed by atoms with Gasteiger partial charge in [-0.05, 0) is 51.3 Å². The molecule has 0 atom stereocenters. The number of phenols is 1. The second-order valence-electron chi connectivity index (χ2n) is 8.09. The number of likely N-dealkylation sites (tertiary alicyclic amines) is 1. The van der Waals surface area contributed by atoms with Gasteiger partial charge in [0.2, 0.25) is 0 Å². The third-order valence-electron chi connectivity index (χ3n) is 4.61. The Balaban J connectivity index is 1.67. The summed E-state index contributed by atoms with van der Waals surface area (Å²) in [4.78, 5) is 18.2. The first-order chi connectivity index (χ1) is 13.2. The molecule has 0 radical (unpaired) electrons. The molecule has 28 heavy (non-hydrogen) atoms. The molecule has 0 aliphatic carbocycles. The van der Waals surface area contributed by atoms with Crippen molar-refractivity contribution >= 4 is 17.6 Å². The Hall–Kier alpha value is -2.96. The highest BCUT2D eigenvalue weighted by Gasteiger charge is 2.27. The molecule has 2 heterocycles. The Kier molecular flexibility index (Phi) is 5.63. The Labute approximate surface area is 165 Å². The number of benzene rings is 1. The molecule has 7 heteroatoms. The van der Waals surface area contributed by atoms with Gasteiger partial charge in [0.1, 0.15) is 17.2 Å². The summed E-state index contributed by atoms with van der Waals surface area (Å²) in [5.41, 5.74) is 8.17. The standard InChI is InChI=1S/C21H28N4O3/c1-21(2,3)28-20(27)25-10-8-15(9-11-25)24-18-12-19(22)23-13-17(18)14-4-6-16(26)7-5-14/h4-7,12-13,15,26H,8-11H2,1-3H3,(H3,22,23,24). The van der Waals surface area contributed by atoms with Crippen LogP contribution in [-0.4, -0.2) is 45.8 Å². The van der Waals surface area contributed by atoms with Gasteiger partial charge in [-0.1, -0.05) is 12.1 Å². The van der Waals surface area contributed by atoms with E-state index in [-0.39, 0.29) is 17.9 Å². The van der Waals surface area contributed by atoms with Crippen LogP contribution in [0.1, 0.15) is 33.6 Å². The van der Waals surface area contributed by atoms with Crippen LogP contribution in [0.5, 0.6) is 5.75 Å². The Morgan fingerprint density at radius 2 is 1.89 bits per heavy atom. The maximum absolute atomic E-state index is 12.2. The fraction of sp³-hybridized carbons (Fsp3) is 0.429. The normalized spacial score (nSPS) is 15.3. The second kappa shape index (κ2) is 7.96. The number of piperidine rings is 1. The molecule has 150 valence electrons. The first kappa shape index (κ1) is 19.8. The number of aromatic nitrogens is 1. The average molecular weight is 384 g/mol. The highest BCUT2D eigenvalue weighted by atomic mass is 16.6. The minimum atomic E-state index is -0.486. The van der Waals surface area contributed by atoms with E-state index in [1.54, 1.807) is 23.2 Å². The van der Waals surface area contributed by atoms with Gasteiger partial charge in [-0.2, -0.15) is 0 Å². The first-order valence-electron chi connectivity index (χ1n) is 9.51. The van der Waals surface area contributed by atoms with E-state index < -0.39 is 5.60 Å². The molecule has 0 saturated carbocycles. The fourth-order valence-electron chi connectivity index (χ4n) is 3.21. The zero-order valence-corrected chi connectivity index (χ0v) is 16.6. The van der Waals surface area contributed by atoms with E-state index in [2.05, 4.69) is 10.3 Å². The summed E-state index contributed by atoms with van der Waals surface area (Å²) in [6.07, 6.45) is 3.11. The molecule has 7 nitrogen and oxygen atoms in total. The van der Waals surface area contributed by atoms with Crippen LogP contribution in [0, 0.1) is 0 Å². The van der Waals surface area contributed by atoms with Crippen LogP contribution < -0.4 is 11.1 Å². The Morgan fingerprint density at radius 3 is 2.50 bits per heavy atom. The molecule has 1 aliphatic rings. The monoisotopic (exact) mass is 384 g/mol. The molecular formula is C21H28N4O3. The van der Waals surface area contributed by atoms with Crippen LogP contribution in [0.25, 0.3) is 11.1 Å². The van der Waals surface area contributed by atoms with Gasteiger partial charge >= 0.3 is 6.09 Å². The number of nitrogens with one attached hydrogen (secondary N) is 1. The first-order valence-corrected chi connectivity index (χ1v) is 9.51. The molecule has 0 unspecified atom stereocenters. The van der Waals surface area contributed by atoms with Gasteiger partial charge in [0.05, 0.1) is 0 Å². The third kappa shape index (κ3) is 5.06. The van der Waals surface area contributed by atoms with Crippen molar-refractivity contribution < 1.29 is 14.6 Å². The molecule has 2 aromatic rings. The van der Waals surface area contributed by atoms with Gasteiger partial charge in [-0.15, -0.1) is 0 Å². The van der Waals surface area contributed by atoms with Crippen molar-refractivity contribution in [1.82, 2.24) is 9.88 Å². The number of carbonyl (C=O) groups excluding carboxylic acids is 1. The summed E-state index contributed by atoms with van der Waals surface area (Å²) < 4.78 is 5.45. The zero-order valence-electron chi connectivity index (χ0n) is 16.6. The molecule has 0 bridgehead atoms. The number of anilines is 2. The topological polar surface area (TPSA) is 101 Å². The number of nitrogens with two attached hydrogens (primary N) is 1. The predicted molar refractivity (Wildman–Crippen MR) is 110 cm³/mol. The van der Waals surface area contributed by atoms with Gasteiger partial charge in [0.25, 0.3) is 0 Å². The molecule has 1 aromatic carbocycles. The minimum Gasteiger partial charge on any atom is -0.508 e. The lowest BCUT2D eigenvalue weighted by Gasteiger charge is -2.34. The van der Waals surface area contributed by atoms with Crippen molar-refractivity contribution in [3.8, 4) is 16.9 Å². The molecule has 0 spiro atoms. The Morgan fingerprint density at radius 1 is 1.25 bits per heavy atom. The van der Waals surface area contributed by atoms with Gasteiger partial charge in [0.15, 0.2) is 0 Å². The highest BCUT2D eigenvalue weighted by Crippen LogP contribution is 2.31. The van der Waals surface area contributed by atoms with Crippen LogP contribution >= 0.6 is 0 Å². The number of carbonyl (C=O) groups is 1. The molecule has 1 aromatic heterocycles. The SMILES string of the molecule is CC(C)(C)OC(=O)N1CCC(Nc2cc(N)ncc2-c2ccc(O)cc2)CC1. The van der Waals surface area contributed by atoms with E-state index in [0.29, 0.717) is 18.9 Å². The molecular weight excluding hydrogens is 356 g/mol. The maximum Gasteiger partial charge on any atom is 0.410 e. The summed E-state index contributed by atoms with van der Waals surface area (Å²) in [5.74, 6) is 0.660. The lowest BCUT2D eigenvalue weighted by molar-refractivity contribution is 0.0210. The van der Waals surface area contributed by atoms with E-state index in [4.69, 9.17) is 10.5 Å². The predicted octanol–water partition coefficient (Wildman–Crippen LogP) is 3.85. The van der Waals surface area contributed by atoms with Crippen molar-refractivity contribution in [3.05, 3.63) is 36.5 Å². The molecule has 3 rings (SSSR count). The lowest BCUT2D eigenvalue weighted by atomic mass is 10.0. The van der Waals surface area contributed by atoms with E-state index >= 15 is 0 Å². The number of rotatable bonds is 3. The third-order valence-corrected chi connectivity index (χ3v) is 4.61. The van der Waals surface area contributed by atoms with Crippen LogP contribution in [0.15, 0.2) is 36.5 Å². The highest BCUT2D eigenvalue weighted by molar-refractivity contribution is 5.79. The second-order valence-corrected chi connectivity index (χ2v) is 8.09. The number of hydrogen-bond donors (Lipinski definition) is 3. The van der Waals surface area contributed by atoms with Gasteiger partial charge in [0, 0.05) is 42.6 Å². The largest absolute Gasteiger partial charge is 0.508 e. The van der Waals surface area contributed by atoms with Crippen molar-refractivity contribution in [2.75, 3.05) is 24.1 Å². The summed E-state index contributed by atoms with van der Waals surface area (Å²) in [5, 5.41) is 13.1. The summed E-state index contributed by atoms with van der Waals surface area (Å²) >= 11 is 0. The molecule has 1 aliphatic heterocycles. The van der Waals surface area contributed by atoms with E-state index in [1.807, 2.05) is 39.0 Å². The van der Waals surface area contributed by atoms with Gasteiger partial charge < -0.3 is 25.8 Å². The van der Waals surface area contributed by atoms with Crippen LogP contribution in [0.2, 0.25) is 0 Å². The number of ether oxygens (including phenoxy) is 1. The number of aromatic hydroxyl groups is 1. The molecule has 1 amide bonds. The zero-order chi connectivity index (χ0) is 20.3. The van der Waals surface area contributed by atoms with Crippen LogP contribution in [0.3, 0.4) is 0 Å². The molecule has 1 saturated heterocycles. The van der Waals surface area contributed by atoms with Crippen molar-refractivity contribution in [1.29, 1.82) is 0 Å². The smallest absolute Gasteiger partial charge is 0.410 e. The lowest BCUT2D eigenvalue weighted by Crippen LogP contribution is -2.44. The van der Waals surface area contributed by atoms with Crippen molar-refractivity contribution in [3.63, 3.8) is 0 Å².